The normalized spacial score (nSPS) is 50.0. The van der Waals surface area contributed by atoms with Gasteiger partial charge in [-0.3, -0.25) is 0 Å². The molecule has 9 atom stereocenters. The highest BCUT2D eigenvalue weighted by molar-refractivity contribution is 4.92. The molecule has 2 aliphatic heterocycles. The van der Waals surface area contributed by atoms with Crippen molar-refractivity contribution < 1.29 is 60.1 Å². The number of ether oxygens (including phenoxy) is 2. The second-order valence-corrected chi connectivity index (χ2v) is 5.69. The molecule has 142 valence electrons. The molecular weight excluding hydrogens is 336 g/mol. The maximum atomic E-state index is 9.87. The van der Waals surface area contributed by atoms with Gasteiger partial charge in [-0.2, -0.15) is 4.89 Å². The van der Waals surface area contributed by atoms with Crippen molar-refractivity contribution in [1.82, 2.24) is 0 Å². The van der Waals surface area contributed by atoms with E-state index in [1.807, 2.05) is 0 Å². The number of hydrogen-bond acceptors (Lipinski definition) is 12. The zero-order valence-corrected chi connectivity index (χ0v) is 12.5. The summed E-state index contributed by atoms with van der Waals surface area (Å²) in [5.41, 5.74) is 0. The van der Waals surface area contributed by atoms with Gasteiger partial charge in [0, 0.05) is 0 Å². The summed E-state index contributed by atoms with van der Waals surface area (Å²) in [4.78, 5) is 9.53. The van der Waals surface area contributed by atoms with Crippen LogP contribution in [0.5, 0.6) is 0 Å². The lowest BCUT2D eigenvalue weighted by Crippen LogP contribution is -2.64. The van der Waals surface area contributed by atoms with Crippen molar-refractivity contribution in [3.63, 3.8) is 0 Å². The van der Waals surface area contributed by atoms with E-state index in [-0.39, 0.29) is 0 Å². The van der Waals surface area contributed by atoms with E-state index >= 15 is 0 Å². The lowest BCUT2D eigenvalue weighted by molar-refractivity contribution is -0.479. The Labute approximate surface area is 135 Å². The first-order valence-corrected chi connectivity index (χ1v) is 7.21. The van der Waals surface area contributed by atoms with Gasteiger partial charge in [-0.15, -0.1) is 0 Å². The Morgan fingerprint density at radius 3 is 2.21 bits per heavy atom. The van der Waals surface area contributed by atoms with Gasteiger partial charge in [-0.1, -0.05) is 0 Å². The fourth-order valence-corrected chi connectivity index (χ4v) is 2.39. The van der Waals surface area contributed by atoms with Crippen molar-refractivity contribution in [2.45, 2.75) is 54.8 Å². The van der Waals surface area contributed by atoms with Gasteiger partial charge < -0.3 is 50.3 Å². The number of aliphatic hydroxyl groups is 8. The van der Waals surface area contributed by atoms with Gasteiger partial charge in [0.25, 0.3) is 5.79 Å². The summed E-state index contributed by atoms with van der Waals surface area (Å²) in [6.07, 6.45) is -13.0. The van der Waals surface area contributed by atoms with E-state index in [4.69, 9.17) is 19.2 Å². The van der Waals surface area contributed by atoms with Gasteiger partial charge in [-0.05, 0) is 0 Å². The third kappa shape index (κ3) is 3.70. The van der Waals surface area contributed by atoms with Crippen LogP contribution in [0.1, 0.15) is 0 Å². The van der Waals surface area contributed by atoms with Crippen LogP contribution < -0.4 is 0 Å². The summed E-state index contributed by atoms with van der Waals surface area (Å²) in [6, 6.07) is 0. The van der Waals surface area contributed by atoms with E-state index in [1.54, 1.807) is 0 Å². The Bertz CT molecular complexity index is 409. The smallest absolute Gasteiger partial charge is 0.253 e. The second kappa shape index (κ2) is 7.82. The predicted octanol–water partition coefficient (Wildman–Crippen LogP) is -5.46. The Kier molecular flexibility index (Phi) is 6.46. The molecule has 0 aliphatic carbocycles. The topological polar surface area (TPSA) is 199 Å². The molecule has 0 aromatic carbocycles. The van der Waals surface area contributed by atoms with Crippen LogP contribution in [0, 0.1) is 0 Å². The van der Waals surface area contributed by atoms with Crippen molar-refractivity contribution in [2.24, 2.45) is 0 Å². The number of hydrogen-bond donors (Lipinski definition) is 8. The molecule has 0 bridgehead atoms. The van der Waals surface area contributed by atoms with Crippen LogP contribution in [-0.4, -0.2) is 115 Å². The zero-order valence-electron chi connectivity index (χ0n) is 12.5. The summed E-state index contributed by atoms with van der Waals surface area (Å²) >= 11 is 0. The van der Waals surface area contributed by atoms with Crippen LogP contribution in [0.2, 0.25) is 0 Å². The molecule has 0 aromatic rings. The van der Waals surface area contributed by atoms with E-state index in [1.165, 1.54) is 0 Å². The van der Waals surface area contributed by atoms with Crippen molar-refractivity contribution in [3.8, 4) is 0 Å². The SMILES string of the molecule is OC[C@@]1(OOC[C@H]2O[C@@H](O)[C@H](O)[C@@H](O)[C@@H]2O)OC[C@@H](O)[C@@H](O)[C@@H]1O. The van der Waals surface area contributed by atoms with Gasteiger partial charge in [0.1, 0.15) is 55.9 Å². The molecule has 0 spiro atoms. The van der Waals surface area contributed by atoms with E-state index in [0.29, 0.717) is 0 Å². The first-order chi connectivity index (χ1) is 11.2. The maximum absolute atomic E-state index is 9.87. The first kappa shape index (κ1) is 19.8. The minimum atomic E-state index is -2.19. The van der Waals surface area contributed by atoms with Crippen molar-refractivity contribution in [2.75, 3.05) is 19.8 Å². The van der Waals surface area contributed by atoms with Crippen LogP contribution in [0.25, 0.3) is 0 Å². The Balaban J connectivity index is 1.92. The predicted molar refractivity (Wildman–Crippen MR) is 69.7 cm³/mol. The molecule has 2 aliphatic rings. The molecule has 0 radical (unpaired) electrons. The van der Waals surface area contributed by atoms with Gasteiger partial charge in [0.05, 0.1) is 6.61 Å². The lowest BCUT2D eigenvalue weighted by Gasteiger charge is -2.43. The highest BCUT2D eigenvalue weighted by atomic mass is 17.2. The number of rotatable bonds is 5. The summed E-state index contributed by atoms with van der Waals surface area (Å²) in [5.74, 6) is -2.19. The van der Waals surface area contributed by atoms with E-state index < -0.39 is 74.6 Å². The summed E-state index contributed by atoms with van der Waals surface area (Å²) in [5, 5.41) is 76.2. The average Bonchev–Trinajstić information content (AvgIpc) is 2.57. The molecule has 2 rings (SSSR count). The van der Waals surface area contributed by atoms with Gasteiger partial charge in [-0.25, -0.2) is 4.89 Å². The highest BCUT2D eigenvalue weighted by Crippen LogP contribution is 2.28. The summed E-state index contributed by atoms with van der Waals surface area (Å²) in [7, 11) is 0. The first-order valence-electron chi connectivity index (χ1n) is 7.21. The third-order valence-corrected chi connectivity index (χ3v) is 4.01. The molecule has 2 saturated heterocycles. The van der Waals surface area contributed by atoms with Crippen LogP contribution in [0.4, 0.5) is 0 Å². The Hall–Kier alpha value is -0.480. The van der Waals surface area contributed by atoms with Crippen LogP contribution in [0.3, 0.4) is 0 Å². The molecule has 2 heterocycles. The van der Waals surface area contributed by atoms with Crippen molar-refractivity contribution >= 4 is 0 Å². The molecule has 8 N–H and O–H groups in total. The molecule has 2 fully saturated rings. The van der Waals surface area contributed by atoms with E-state index in [2.05, 4.69) is 0 Å². The fraction of sp³-hybridized carbons (Fsp3) is 1.00. The van der Waals surface area contributed by atoms with Crippen LogP contribution in [0.15, 0.2) is 0 Å². The van der Waals surface area contributed by atoms with Crippen LogP contribution in [-0.2, 0) is 19.2 Å². The average molecular weight is 358 g/mol. The van der Waals surface area contributed by atoms with E-state index in [9.17, 15) is 40.9 Å². The van der Waals surface area contributed by atoms with Crippen molar-refractivity contribution in [1.29, 1.82) is 0 Å². The minimum absolute atomic E-state index is 0.450. The minimum Gasteiger partial charge on any atom is -0.391 e. The molecule has 24 heavy (non-hydrogen) atoms. The molecule has 0 saturated carbocycles. The van der Waals surface area contributed by atoms with Crippen molar-refractivity contribution in [3.05, 3.63) is 0 Å². The van der Waals surface area contributed by atoms with E-state index in [0.717, 1.165) is 0 Å². The highest BCUT2D eigenvalue weighted by Gasteiger charge is 2.52. The third-order valence-electron chi connectivity index (χ3n) is 4.01. The largest absolute Gasteiger partial charge is 0.391 e. The molecule has 0 unspecified atom stereocenters. The van der Waals surface area contributed by atoms with Gasteiger partial charge >= 0.3 is 0 Å². The molecular formula is C12H22O12. The number of aliphatic hydroxyl groups excluding tert-OH is 8. The molecule has 12 heteroatoms. The quantitative estimate of drug-likeness (QED) is 0.172. The second-order valence-electron chi connectivity index (χ2n) is 5.69. The molecule has 0 aromatic heterocycles. The molecule has 12 nitrogen and oxygen atoms in total. The Morgan fingerprint density at radius 1 is 0.917 bits per heavy atom. The lowest BCUT2D eigenvalue weighted by atomic mass is 9.97. The molecule has 0 amide bonds. The maximum Gasteiger partial charge on any atom is 0.253 e. The summed E-state index contributed by atoms with van der Waals surface area (Å²) < 4.78 is 9.82. The monoisotopic (exact) mass is 358 g/mol. The Morgan fingerprint density at radius 2 is 1.58 bits per heavy atom. The zero-order chi connectivity index (χ0) is 18.1. The fourth-order valence-electron chi connectivity index (χ4n) is 2.39. The van der Waals surface area contributed by atoms with Crippen LogP contribution >= 0.6 is 0 Å². The standard InChI is InChI=1S/C12H22O12/c13-3-12(10(19)6(15)4(14)1-21-12)24-22-2-5-7(16)8(17)9(18)11(20)23-5/h4-11,13-20H,1-3H2/t4-,5-,6-,7-,8+,9-,10+,11-,12+/m1/s1. The van der Waals surface area contributed by atoms with Gasteiger partial charge in [0.15, 0.2) is 6.29 Å². The van der Waals surface area contributed by atoms with Gasteiger partial charge in [0.2, 0.25) is 0 Å². The summed E-state index contributed by atoms with van der Waals surface area (Å²) in [6.45, 7) is -1.97.